The summed E-state index contributed by atoms with van der Waals surface area (Å²) in [4.78, 5) is 17.5. The van der Waals surface area contributed by atoms with Crippen molar-refractivity contribution in [2.75, 3.05) is 11.9 Å². The van der Waals surface area contributed by atoms with Crippen LogP contribution in [0.2, 0.25) is 0 Å². The van der Waals surface area contributed by atoms with Crippen LogP contribution in [-0.2, 0) is 14.9 Å². The first-order valence-electron chi connectivity index (χ1n) is 14.0. The van der Waals surface area contributed by atoms with Crippen LogP contribution in [0.15, 0.2) is 89.5 Å². The number of carbonyl (C=O) groups excluding carboxylic acids is 1. The molecule has 6 heteroatoms. The molecular formula is C34H33N3O3. The molecule has 2 aromatic carbocycles. The molecule has 2 aliphatic carbocycles. The van der Waals surface area contributed by atoms with Crippen LogP contribution >= 0.6 is 0 Å². The first-order valence-corrected chi connectivity index (χ1v) is 14.0. The van der Waals surface area contributed by atoms with E-state index in [1.165, 1.54) is 0 Å². The molecule has 1 N–H and O–H groups in total. The molecule has 6 nitrogen and oxygen atoms in total. The molecule has 0 aliphatic heterocycles. The third-order valence-corrected chi connectivity index (χ3v) is 7.95. The predicted octanol–water partition coefficient (Wildman–Crippen LogP) is 8.17. The standard InChI is InChI=1S/C34H33N3O3/c1-3-39-33(38)34(21-8-22-34)28-19-17-25(18-20-28)24-13-15-27(16-14-24)32-31(23(2)37-40-32)36-30-12-7-11-29(35-30)26-9-5-4-6-10-26/h5,7,9-20H,3-4,6,8,21-22H2,1-2H3,(H,35,36). The van der Waals surface area contributed by atoms with Crippen molar-refractivity contribution in [3.8, 4) is 22.5 Å². The van der Waals surface area contributed by atoms with Crippen LogP contribution in [0.4, 0.5) is 11.5 Å². The SMILES string of the molecule is CCOC(=O)C1(c2ccc(-c3ccc(-c4onc(C)c4Nc4cccc(C5=CCCC=C5)n4)cc3)cc2)CCC1. The number of nitrogens with zero attached hydrogens (tertiary/aromatic N) is 2. The van der Waals surface area contributed by atoms with Crippen LogP contribution in [-0.4, -0.2) is 22.7 Å². The fourth-order valence-electron chi connectivity index (χ4n) is 5.52. The van der Waals surface area contributed by atoms with Crippen molar-refractivity contribution in [3.63, 3.8) is 0 Å². The number of nitrogens with one attached hydrogen (secondary N) is 1. The number of pyridine rings is 1. The molecule has 0 unspecified atom stereocenters. The largest absolute Gasteiger partial charge is 0.465 e. The number of aromatic nitrogens is 2. The third kappa shape index (κ3) is 4.86. The first-order chi connectivity index (χ1) is 19.6. The number of anilines is 2. The van der Waals surface area contributed by atoms with E-state index in [2.05, 4.69) is 65.1 Å². The van der Waals surface area contributed by atoms with Crippen LogP contribution < -0.4 is 5.32 Å². The van der Waals surface area contributed by atoms with Crippen molar-refractivity contribution in [1.82, 2.24) is 10.1 Å². The molecule has 0 radical (unpaired) electrons. The summed E-state index contributed by atoms with van der Waals surface area (Å²) >= 11 is 0. The minimum atomic E-state index is -0.482. The van der Waals surface area contributed by atoms with Crippen molar-refractivity contribution in [2.45, 2.75) is 51.4 Å². The van der Waals surface area contributed by atoms with Crippen molar-refractivity contribution >= 4 is 23.0 Å². The number of rotatable bonds is 8. The molecule has 1 fully saturated rings. The van der Waals surface area contributed by atoms with Gasteiger partial charge in [-0.2, -0.15) is 0 Å². The Labute approximate surface area is 234 Å². The molecule has 2 aromatic heterocycles. The summed E-state index contributed by atoms with van der Waals surface area (Å²) in [7, 11) is 0. The average Bonchev–Trinajstić information content (AvgIpc) is 3.33. The fourth-order valence-corrected chi connectivity index (χ4v) is 5.52. The minimum Gasteiger partial charge on any atom is -0.465 e. The molecule has 0 atom stereocenters. The molecule has 202 valence electrons. The van der Waals surface area contributed by atoms with Gasteiger partial charge >= 0.3 is 5.97 Å². The van der Waals surface area contributed by atoms with Crippen LogP contribution in [0.5, 0.6) is 0 Å². The summed E-state index contributed by atoms with van der Waals surface area (Å²) in [6, 6.07) is 22.6. The van der Waals surface area contributed by atoms with E-state index in [-0.39, 0.29) is 5.97 Å². The van der Waals surface area contributed by atoms with E-state index in [1.807, 2.05) is 44.2 Å². The van der Waals surface area contributed by atoms with Gasteiger partial charge < -0.3 is 14.6 Å². The fraction of sp³-hybridized carbons (Fsp3) is 0.265. The number of esters is 1. The van der Waals surface area contributed by atoms with Gasteiger partial charge in [-0.15, -0.1) is 0 Å². The molecule has 0 bridgehead atoms. The molecule has 2 heterocycles. The highest BCUT2D eigenvalue weighted by Crippen LogP contribution is 2.45. The highest BCUT2D eigenvalue weighted by Gasteiger charge is 2.46. The van der Waals surface area contributed by atoms with Gasteiger partial charge in [0.25, 0.3) is 0 Å². The molecule has 0 amide bonds. The van der Waals surface area contributed by atoms with Gasteiger partial charge in [-0.05, 0) is 73.9 Å². The maximum atomic E-state index is 12.7. The van der Waals surface area contributed by atoms with E-state index in [0.29, 0.717) is 12.4 Å². The molecule has 1 saturated carbocycles. The van der Waals surface area contributed by atoms with Crippen molar-refractivity contribution < 1.29 is 14.1 Å². The van der Waals surface area contributed by atoms with E-state index in [9.17, 15) is 4.79 Å². The second-order valence-corrected chi connectivity index (χ2v) is 10.5. The summed E-state index contributed by atoms with van der Waals surface area (Å²) in [6.45, 7) is 4.19. The number of benzene rings is 2. The van der Waals surface area contributed by atoms with Gasteiger partial charge in [0, 0.05) is 5.56 Å². The van der Waals surface area contributed by atoms with Gasteiger partial charge in [-0.25, -0.2) is 4.98 Å². The second-order valence-electron chi connectivity index (χ2n) is 10.5. The zero-order chi connectivity index (χ0) is 27.5. The van der Waals surface area contributed by atoms with Crippen LogP contribution in [0, 0.1) is 6.92 Å². The lowest BCUT2D eigenvalue weighted by Gasteiger charge is -2.39. The monoisotopic (exact) mass is 531 g/mol. The number of hydrogen-bond donors (Lipinski definition) is 1. The highest BCUT2D eigenvalue weighted by atomic mass is 16.5. The smallest absolute Gasteiger partial charge is 0.316 e. The second kappa shape index (κ2) is 11.0. The molecule has 0 saturated heterocycles. The van der Waals surface area contributed by atoms with Crippen molar-refractivity contribution in [1.29, 1.82) is 0 Å². The van der Waals surface area contributed by atoms with E-state index in [1.54, 1.807) is 0 Å². The van der Waals surface area contributed by atoms with E-state index in [4.69, 9.17) is 14.2 Å². The Balaban J connectivity index is 1.21. The van der Waals surface area contributed by atoms with Crippen LogP contribution in [0.3, 0.4) is 0 Å². The Morgan fingerprint density at radius 1 is 0.975 bits per heavy atom. The number of aryl methyl sites for hydroxylation is 1. The molecule has 4 aromatic rings. The average molecular weight is 532 g/mol. The summed E-state index contributed by atoms with van der Waals surface area (Å²) in [5.74, 6) is 1.31. The zero-order valence-corrected chi connectivity index (χ0v) is 22.9. The summed E-state index contributed by atoms with van der Waals surface area (Å²) < 4.78 is 11.1. The molecule has 2 aliphatic rings. The summed E-state index contributed by atoms with van der Waals surface area (Å²) in [5, 5.41) is 7.67. The molecule has 0 spiro atoms. The summed E-state index contributed by atoms with van der Waals surface area (Å²) in [5.41, 5.74) is 7.32. The van der Waals surface area contributed by atoms with E-state index in [0.717, 1.165) is 82.8 Å². The predicted molar refractivity (Wildman–Crippen MR) is 158 cm³/mol. The van der Waals surface area contributed by atoms with Gasteiger partial charge in [-0.1, -0.05) is 84.4 Å². The quantitative estimate of drug-likeness (QED) is 0.231. The van der Waals surface area contributed by atoms with E-state index >= 15 is 0 Å². The Bertz CT molecular complexity index is 1580. The number of allylic oxidation sites excluding steroid dienone is 4. The van der Waals surface area contributed by atoms with Crippen LogP contribution in [0.1, 0.15) is 56.0 Å². The lowest BCUT2D eigenvalue weighted by atomic mass is 9.64. The van der Waals surface area contributed by atoms with Gasteiger partial charge in [0.2, 0.25) is 0 Å². The Morgan fingerprint density at radius 2 is 1.70 bits per heavy atom. The summed E-state index contributed by atoms with van der Waals surface area (Å²) in [6.07, 6.45) is 11.4. The molecule has 40 heavy (non-hydrogen) atoms. The van der Waals surface area contributed by atoms with E-state index < -0.39 is 5.41 Å². The lowest BCUT2D eigenvalue weighted by Crippen LogP contribution is -2.43. The minimum absolute atomic E-state index is 0.102. The molecular weight excluding hydrogens is 498 g/mol. The number of hydrogen-bond acceptors (Lipinski definition) is 6. The zero-order valence-electron chi connectivity index (χ0n) is 22.9. The van der Waals surface area contributed by atoms with Crippen molar-refractivity contribution in [3.05, 3.63) is 102 Å². The van der Waals surface area contributed by atoms with Gasteiger partial charge in [-0.3, -0.25) is 4.79 Å². The van der Waals surface area contributed by atoms with Crippen molar-refractivity contribution in [2.24, 2.45) is 0 Å². The van der Waals surface area contributed by atoms with Gasteiger partial charge in [0.15, 0.2) is 5.76 Å². The van der Waals surface area contributed by atoms with Gasteiger partial charge in [0.05, 0.1) is 17.7 Å². The molecule has 6 rings (SSSR count). The third-order valence-electron chi connectivity index (χ3n) is 7.95. The maximum Gasteiger partial charge on any atom is 0.316 e. The number of carbonyl (C=O) groups is 1. The highest BCUT2D eigenvalue weighted by molar-refractivity contribution is 5.85. The Hall–Kier alpha value is -4.45. The first kappa shape index (κ1) is 25.8. The van der Waals surface area contributed by atoms with Gasteiger partial charge in [0.1, 0.15) is 17.2 Å². The lowest BCUT2D eigenvalue weighted by molar-refractivity contribution is -0.153. The Kier molecular flexibility index (Phi) is 7.08. The topological polar surface area (TPSA) is 77.2 Å². The normalized spacial score (nSPS) is 15.7. The maximum absolute atomic E-state index is 12.7. The van der Waals surface area contributed by atoms with Crippen LogP contribution in [0.25, 0.3) is 28.0 Å². The number of ether oxygens (including phenoxy) is 1. The Morgan fingerprint density at radius 3 is 2.35 bits per heavy atom.